The van der Waals surface area contributed by atoms with E-state index >= 15 is 0 Å². The first-order chi connectivity index (χ1) is 12.6. The van der Waals surface area contributed by atoms with E-state index in [4.69, 9.17) is 9.47 Å². The first kappa shape index (κ1) is 24.1. The van der Waals surface area contributed by atoms with Gasteiger partial charge < -0.3 is 19.7 Å². The molecule has 2 aromatic carbocycles. The zero-order valence-electron chi connectivity index (χ0n) is 13.5. The van der Waals surface area contributed by atoms with Crippen LogP contribution in [0.4, 0.5) is 0 Å². The Hall–Kier alpha value is 0.840. The second kappa shape index (κ2) is 9.76. The van der Waals surface area contributed by atoms with Crippen molar-refractivity contribution in [2.75, 3.05) is 13.2 Å². The van der Waals surface area contributed by atoms with Crippen LogP contribution >= 0.6 is 95.6 Å². The van der Waals surface area contributed by atoms with Crippen LogP contribution in [0.3, 0.4) is 0 Å². The molecule has 0 saturated carbocycles. The van der Waals surface area contributed by atoms with Gasteiger partial charge in [-0.15, -0.1) is 0 Å². The Morgan fingerprint density at radius 3 is 1.30 bits per heavy atom. The van der Waals surface area contributed by atoms with Crippen LogP contribution in [0.2, 0.25) is 0 Å². The van der Waals surface area contributed by atoms with Crippen LogP contribution in [0.1, 0.15) is 0 Å². The maximum absolute atomic E-state index is 10.3. The predicted molar refractivity (Wildman–Crippen MR) is 127 cm³/mol. The van der Waals surface area contributed by atoms with E-state index in [1.165, 1.54) is 0 Å². The fourth-order valence-corrected chi connectivity index (χ4v) is 6.73. The van der Waals surface area contributed by atoms with E-state index in [1.807, 2.05) is 36.4 Å². The lowest BCUT2D eigenvalue weighted by molar-refractivity contribution is -0.0612. The van der Waals surface area contributed by atoms with Gasteiger partial charge in [0, 0.05) is 0 Å². The molecule has 2 rings (SSSR count). The number of hydrogen-bond donors (Lipinski definition) is 2. The highest BCUT2D eigenvalue weighted by atomic mass is 79.9. The monoisotopic (exact) mass is 756 g/mol. The van der Waals surface area contributed by atoms with Crippen LogP contribution < -0.4 is 9.47 Å². The van der Waals surface area contributed by atoms with Gasteiger partial charge in [-0.05, 0) is 120 Å². The van der Waals surface area contributed by atoms with Gasteiger partial charge in [0.2, 0.25) is 6.84 Å². The number of ether oxygens (including phenoxy) is 2. The molecule has 0 aliphatic heterocycles. The molecule has 148 valence electrons. The Labute approximate surface area is 207 Å². The van der Waals surface area contributed by atoms with Crippen molar-refractivity contribution in [2.45, 2.75) is 6.84 Å². The highest BCUT2D eigenvalue weighted by Gasteiger charge is 2.64. The van der Waals surface area contributed by atoms with Gasteiger partial charge in [-0.3, -0.25) is 0 Å². The average Bonchev–Trinajstić information content (AvgIpc) is 2.59. The maximum Gasteiger partial charge on any atom is 0.233 e. The van der Waals surface area contributed by atoms with Gasteiger partial charge in [0.25, 0.3) is 0 Å². The van der Waals surface area contributed by atoms with E-state index in [2.05, 4.69) is 95.6 Å². The minimum Gasteiger partial charge on any atom is -0.464 e. The highest BCUT2D eigenvalue weighted by molar-refractivity contribution is 9.26. The number of alkyl halides is 4. The van der Waals surface area contributed by atoms with E-state index in [0.29, 0.717) is 20.4 Å². The Morgan fingerprint density at radius 2 is 1.00 bits per heavy atom. The molecule has 0 unspecified atom stereocenters. The van der Waals surface area contributed by atoms with E-state index in [0.717, 1.165) is 0 Å². The molecule has 0 bridgehead atoms. The number of benzene rings is 2. The molecule has 0 aromatic heterocycles. The summed E-state index contributed by atoms with van der Waals surface area (Å²) in [6.45, 7) is -1.02. The lowest BCUT2D eigenvalue weighted by atomic mass is 9.91. The summed E-state index contributed by atoms with van der Waals surface area (Å²) >= 11 is 20.7. The summed E-state index contributed by atoms with van der Waals surface area (Å²) in [5.74, 6) is 0.989. The Kier molecular flexibility index (Phi) is 8.72. The third-order valence-corrected chi connectivity index (χ3v) is 8.80. The van der Waals surface area contributed by atoms with Gasteiger partial charge in [0.05, 0.1) is 22.2 Å². The molecule has 4 nitrogen and oxygen atoms in total. The van der Waals surface area contributed by atoms with Gasteiger partial charge >= 0.3 is 0 Å². The lowest BCUT2D eigenvalue weighted by Crippen LogP contribution is -2.60. The number of rotatable bonds is 8. The molecule has 27 heavy (non-hydrogen) atoms. The van der Waals surface area contributed by atoms with E-state index in [9.17, 15) is 10.2 Å². The smallest absolute Gasteiger partial charge is 0.233 e. The Bertz CT molecular complexity index is 718. The molecule has 0 atom stereocenters. The minimum absolute atomic E-state index is 0.495. The number of halogens is 6. The van der Waals surface area contributed by atoms with Crippen molar-refractivity contribution < 1.29 is 19.7 Å². The summed E-state index contributed by atoms with van der Waals surface area (Å²) in [5, 5.41) is 20.6. The molecule has 0 spiro atoms. The zero-order valence-corrected chi connectivity index (χ0v) is 23.0. The summed E-state index contributed by atoms with van der Waals surface area (Å²) in [7, 11) is 0. The van der Waals surface area contributed by atoms with Crippen molar-refractivity contribution in [1.82, 2.24) is 0 Å². The van der Waals surface area contributed by atoms with Gasteiger partial charge in [-0.25, -0.2) is 0 Å². The van der Waals surface area contributed by atoms with Crippen LogP contribution in [0, 0.1) is 5.41 Å². The molecule has 10 heteroatoms. The third kappa shape index (κ3) is 5.13. The fraction of sp³-hybridized carbons (Fsp3) is 0.294. The summed E-state index contributed by atoms with van der Waals surface area (Å²) < 4.78 is 10.7. The van der Waals surface area contributed by atoms with Crippen molar-refractivity contribution >= 4 is 95.6 Å². The first-order valence-electron chi connectivity index (χ1n) is 7.44. The first-order valence-corrected chi connectivity index (χ1v) is 12.2. The van der Waals surface area contributed by atoms with Crippen LogP contribution in [0.25, 0.3) is 0 Å². The number of aliphatic hydroxyl groups is 2. The molecule has 0 heterocycles. The van der Waals surface area contributed by atoms with Crippen molar-refractivity contribution in [1.29, 1.82) is 0 Å². The molecule has 2 N–H and O–H groups in total. The second-order valence-corrected chi connectivity index (χ2v) is 13.8. The van der Waals surface area contributed by atoms with Crippen molar-refractivity contribution in [3.63, 3.8) is 0 Å². The highest BCUT2D eigenvalue weighted by Crippen LogP contribution is 2.58. The molecule has 0 aliphatic rings. The lowest BCUT2D eigenvalue weighted by Gasteiger charge is -2.47. The summed E-state index contributed by atoms with van der Waals surface area (Å²) in [4.78, 5) is 0. The largest absolute Gasteiger partial charge is 0.464 e. The molecule has 2 aromatic rings. The SMILES string of the molecule is OCC(CO)(C(Br)(Br)Oc1ccccc1Br)C(Br)(Br)Oc1ccccc1Br. The molecular weight excluding hydrogens is 748 g/mol. The van der Waals surface area contributed by atoms with Gasteiger partial charge in [0.15, 0.2) is 0 Å². The van der Waals surface area contributed by atoms with E-state index in [-0.39, 0.29) is 0 Å². The molecule has 0 aliphatic carbocycles. The van der Waals surface area contributed by atoms with Crippen molar-refractivity contribution in [3.8, 4) is 11.5 Å². The quantitative estimate of drug-likeness (QED) is 0.301. The number of aliphatic hydroxyl groups excluding tert-OH is 2. The number of hydrogen-bond acceptors (Lipinski definition) is 4. The van der Waals surface area contributed by atoms with Crippen molar-refractivity contribution in [3.05, 3.63) is 57.5 Å². The van der Waals surface area contributed by atoms with Crippen molar-refractivity contribution in [2.24, 2.45) is 5.41 Å². The summed E-state index contributed by atoms with van der Waals surface area (Å²) in [5.41, 5.74) is -1.44. The number of para-hydroxylation sites is 2. The zero-order chi connectivity index (χ0) is 20.3. The molecule has 0 radical (unpaired) electrons. The van der Waals surface area contributed by atoms with Crippen LogP contribution in [-0.2, 0) is 0 Å². The second-order valence-electron chi connectivity index (χ2n) is 5.50. The van der Waals surface area contributed by atoms with Gasteiger partial charge in [-0.1, -0.05) is 24.3 Å². The minimum atomic E-state index is -1.44. The predicted octanol–water partition coefficient (Wildman–Crippen LogP) is 6.53. The Morgan fingerprint density at radius 1 is 0.667 bits per heavy atom. The molecular formula is C17H14Br6O4. The molecule has 0 saturated heterocycles. The van der Waals surface area contributed by atoms with Crippen LogP contribution in [0.5, 0.6) is 11.5 Å². The van der Waals surface area contributed by atoms with Gasteiger partial charge in [0.1, 0.15) is 16.9 Å². The van der Waals surface area contributed by atoms with Gasteiger partial charge in [-0.2, -0.15) is 0 Å². The van der Waals surface area contributed by atoms with Crippen LogP contribution in [-0.4, -0.2) is 30.3 Å². The maximum atomic E-state index is 10.3. The summed E-state index contributed by atoms with van der Waals surface area (Å²) in [6, 6.07) is 14.4. The molecule has 0 fully saturated rings. The van der Waals surface area contributed by atoms with Crippen LogP contribution in [0.15, 0.2) is 57.5 Å². The topological polar surface area (TPSA) is 58.9 Å². The Balaban J connectivity index is 2.44. The standard InChI is InChI=1S/C17H14Br6O4/c18-11-5-1-3-7-13(11)26-16(20,21)15(9-24,10-25)17(22,23)27-14-8-4-2-6-12(14)19/h1-8,24-25H,9-10H2. The van der Waals surface area contributed by atoms with E-state index < -0.39 is 25.5 Å². The average molecular weight is 762 g/mol. The van der Waals surface area contributed by atoms with E-state index in [1.54, 1.807) is 12.1 Å². The normalized spacial score (nSPS) is 12.7. The molecule has 0 amide bonds. The summed E-state index contributed by atoms with van der Waals surface area (Å²) in [6.07, 6.45) is 0. The fourth-order valence-electron chi connectivity index (χ4n) is 2.11. The third-order valence-electron chi connectivity index (χ3n) is 3.80.